The van der Waals surface area contributed by atoms with E-state index < -0.39 is 0 Å². The zero-order valence-corrected chi connectivity index (χ0v) is 12.9. The number of nitrogens with zero attached hydrogens (tertiary/aromatic N) is 2. The molecule has 108 valence electrons. The molecule has 1 aliphatic rings. The molecule has 5 heteroatoms. The van der Waals surface area contributed by atoms with Crippen LogP contribution < -0.4 is 0 Å². The maximum atomic E-state index is 13.8. The maximum absolute atomic E-state index is 13.8. The van der Waals surface area contributed by atoms with E-state index in [1.54, 1.807) is 41.3 Å². The van der Waals surface area contributed by atoms with Crippen molar-refractivity contribution in [2.45, 2.75) is 25.4 Å². The van der Waals surface area contributed by atoms with Gasteiger partial charge in [-0.1, -0.05) is 24.3 Å². The molecular weight excluding hydrogens is 335 g/mol. The van der Waals surface area contributed by atoms with Crippen LogP contribution in [0.2, 0.25) is 0 Å². The number of aromatic nitrogens is 1. The molecule has 2 aromatic rings. The lowest BCUT2D eigenvalue weighted by atomic mass is 10.2. The first kappa shape index (κ1) is 14.2. The van der Waals surface area contributed by atoms with Crippen LogP contribution in [0.3, 0.4) is 0 Å². The van der Waals surface area contributed by atoms with Gasteiger partial charge in [0.25, 0.3) is 5.91 Å². The minimum absolute atomic E-state index is 0.151. The lowest BCUT2D eigenvalue weighted by Crippen LogP contribution is -2.33. The topological polar surface area (TPSA) is 33.2 Å². The van der Waals surface area contributed by atoms with Gasteiger partial charge in [0.2, 0.25) is 0 Å². The highest BCUT2D eigenvalue weighted by Gasteiger charge is 2.34. The van der Waals surface area contributed by atoms with Crippen LogP contribution in [0.1, 0.15) is 28.9 Å². The van der Waals surface area contributed by atoms with Gasteiger partial charge in [0.05, 0.1) is 0 Å². The molecule has 0 N–H and O–H groups in total. The van der Waals surface area contributed by atoms with Crippen LogP contribution in [0.15, 0.2) is 47.1 Å². The Balaban J connectivity index is 1.85. The number of benzene rings is 1. The Kier molecular flexibility index (Phi) is 4.01. The third-order valence-electron chi connectivity index (χ3n) is 3.48. The lowest BCUT2D eigenvalue weighted by molar-refractivity contribution is 0.0722. The Morgan fingerprint density at radius 2 is 2.00 bits per heavy atom. The van der Waals surface area contributed by atoms with Crippen LogP contribution in [-0.4, -0.2) is 21.8 Å². The number of halogens is 2. The minimum atomic E-state index is -0.279. The number of amides is 1. The standard InChI is InChI=1S/C16H14BrFN2O/c17-15-7-3-6-14(19-15)16(21)20(12-8-9-12)10-11-4-1-2-5-13(11)18/h1-7,12H,8-10H2. The van der Waals surface area contributed by atoms with Gasteiger partial charge < -0.3 is 4.90 Å². The molecule has 0 radical (unpaired) electrons. The average molecular weight is 349 g/mol. The Morgan fingerprint density at radius 1 is 1.24 bits per heavy atom. The Labute approximate surface area is 130 Å². The number of pyridine rings is 1. The zero-order valence-electron chi connectivity index (χ0n) is 11.3. The first-order valence-electron chi connectivity index (χ1n) is 6.82. The molecule has 21 heavy (non-hydrogen) atoms. The van der Waals surface area contributed by atoms with Crippen molar-refractivity contribution in [2.24, 2.45) is 0 Å². The minimum Gasteiger partial charge on any atom is -0.330 e. The largest absolute Gasteiger partial charge is 0.330 e. The van der Waals surface area contributed by atoms with E-state index in [0.29, 0.717) is 15.9 Å². The molecule has 0 spiro atoms. The SMILES string of the molecule is O=C(c1cccc(Br)n1)N(Cc1ccccc1F)C1CC1. The summed E-state index contributed by atoms with van der Waals surface area (Å²) in [5.74, 6) is -0.430. The third kappa shape index (κ3) is 3.29. The third-order valence-corrected chi connectivity index (χ3v) is 3.92. The van der Waals surface area contributed by atoms with E-state index in [4.69, 9.17) is 0 Å². The van der Waals surface area contributed by atoms with Crippen molar-refractivity contribution in [1.82, 2.24) is 9.88 Å². The maximum Gasteiger partial charge on any atom is 0.273 e. The fourth-order valence-electron chi connectivity index (χ4n) is 2.24. The second kappa shape index (κ2) is 5.93. The summed E-state index contributed by atoms with van der Waals surface area (Å²) in [5, 5.41) is 0. The summed E-state index contributed by atoms with van der Waals surface area (Å²) in [4.78, 5) is 18.5. The summed E-state index contributed by atoms with van der Waals surface area (Å²) in [7, 11) is 0. The number of carbonyl (C=O) groups excluding carboxylic acids is 1. The van der Waals surface area contributed by atoms with E-state index >= 15 is 0 Å². The van der Waals surface area contributed by atoms with Gasteiger partial charge in [0, 0.05) is 18.2 Å². The number of hydrogen-bond donors (Lipinski definition) is 0. The van der Waals surface area contributed by atoms with Crippen LogP contribution in [0.5, 0.6) is 0 Å². The predicted octanol–water partition coefficient (Wildman–Crippen LogP) is 3.79. The smallest absolute Gasteiger partial charge is 0.273 e. The molecule has 3 rings (SSSR count). The molecule has 0 aliphatic heterocycles. The van der Waals surface area contributed by atoms with Gasteiger partial charge in [-0.3, -0.25) is 4.79 Å². The molecule has 1 amide bonds. The van der Waals surface area contributed by atoms with Crippen LogP contribution in [0.25, 0.3) is 0 Å². The molecule has 0 bridgehead atoms. The Bertz CT molecular complexity index is 673. The van der Waals surface area contributed by atoms with E-state index in [2.05, 4.69) is 20.9 Å². The highest BCUT2D eigenvalue weighted by atomic mass is 79.9. The summed E-state index contributed by atoms with van der Waals surface area (Å²) < 4.78 is 14.4. The van der Waals surface area contributed by atoms with E-state index in [0.717, 1.165) is 12.8 Å². The highest BCUT2D eigenvalue weighted by molar-refractivity contribution is 9.10. The molecule has 1 fully saturated rings. The van der Waals surface area contributed by atoms with Gasteiger partial charge in [0.1, 0.15) is 16.1 Å². The molecular formula is C16H14BrFN2O. The van der Waals surface area contributed by atoms with Crippen LogP contribution in [0, 0.1) is 5.82 Å². The number of hydrogen-bond acceptors (Lipinski definition) is 2. The van der Waals surface area contributed by atoms with Crippen molar-refractivity contribution in [3.05, 3.63) is 64.1 Å². The molecule has 1 aromatic heterocycles. The number of carbonyl (C=O) groups is 1. The first-order chi connectivity index (χ1) is 10.1. The molecule has 0 atom stereocenters. The van der Waals surface area contributed by atoms with E-state index in [1.807, 2.05) is 0 Å². The van der Waals surface area contributed by atoms with Crippen molar-refractivity contribution >= 4 is 21.8 Å². The monoisotopic (exact) mass is 348 g/mol. The first-order valence-corrected chi connectivity index (χ1v) is 7.61. The summed E-state index contributed by atoms with van der Waals surface area (Å²) in [6, 6.07) is 12.0. The fourth-order valence-corrected chi connectivity index (χ4v) is 2.58. The molecule has 0 saturated heterocycles. The summed E-state index contributed by atoms with van der Waals surface area (Å²) in [5.41, 5.74) is 0.917. The van der Waals surface area contributed by atoms with E-state index in [-0.39, 0.29) is 24.3 Å². The van der Waals surface area contributed by atoms with Crippen molar-refractivity contribution in [3.63, 3.8) is 0 Å². The second-order valence-corrected chi connectivity index (χ2v) is 5.91. The zero-order chi connectivity index (χ0) is 14.8. The van der Waals surface area contributed by atoms with Crippen LogP contribution in [-0.2, 0) is 6.54 Å². The molecule has 1 aliphatic carbocycles. The molecule has 1 heterocycles. The van der Waals surface area contributed by atoms with Gasteiger partial charge in [0.15, 0.2) is 0 Å². The lowest BCUT2D eigenvalue weighted by Gasteiger charge is -2.22. The number of rotatable bonds is 4. The molecule has 0 unspecified atom stereocenters. The normalized spacial score (nSPS) is 14.0. The van der Waals surface area contributed by atoms with Gasteiger partial charge in [-0.05, 0) is 47.0 Å². The van der Waals surface area contributed by atoms with E-state index in [1.165, 1.54) is 6.07 Å². The second-order valence-electron chi connectivity index (χ2n) is 5.10. The summed E-state index contributed by atoms with van der Waals surface area (Å²) >= 11 is 3.27. The van der Waals surface area contributed by atoms with Crippen molar-refractivity contribution in [2.75, 3.05) is 0 Å². The molecule has 1 aromatic carbocycles. The molecule has 1 saturated carbocycles. The predicted molar refractivity (Wildman–Crippen MR) is 81.2 cm³/mol. The molecule has 3 nitrogen and oxygen atoms in total. The van der Waals surface area contributed by atoms with Crippen molar-refractivity contribution < 1.29 is 9.18 Å². The van der Waals surface area contributed by atoms with Gasteiger partial charge in [-0.25, -0.2) is 9.37 Å². The van der Waals surface area contributed by atoms with E-state index in [9.17, 15) is 9.18 Å². The van der Waals surface area contributed by atoms with Crippen molar-refractivity contribution in [1.29, 1.82) is 0 Å². The van der Waals surface area contributed by atoms with Gasteiger partial charge in [-0.15, -0.1) is 0 Å². The Hall–Kier alpha value is -1.75. The summed E-state index contributed by atoms with van der Waals surface area (Å²) in [6.45, 7) is 0.282. The quantitative estimate of drug-likeness (QED) is 0.787. The van der Waals surface area contributed by atoms with Crippen molar-refractivity contribution in [3.8, 4) is 0 Å². The highest BCUT2D eigenvalue weighted by Crippen LogP contribution is 2.30. The fraction of sp³-hybridized carbons (Fsp3) is 0.250. The average Bonchev–Trinajstić information content (AvgIpc) is 3.30. The van der Waals surface area contributed by atoms with Crippen LogP contribution >= 0.6 is 15.9 Å². The van der Waals surface area contributed by atoms with Gasteiger partial charge >= 0.3 is 0 Å². The summed E-state index contributed by atoms with van der Waals surface area (Å²) in [6.07, 6.45) is 1.93. The van der Waals surface area contributed by atoms with Gasteiger partial charge in [-0.2, -0.15) is 0 Å². The van der Waals surface area contributed by atoms with Crippen LogP contribution in [0.4, 0.5) is 4.39 Å². The Morgan fingerprint density at radius 3 is 2.67 bits per heavy atom.